The zero-order valence-corrected chi connectivity index (χ0v) is 11.0. The monoisotopic (exact) mass is 253 g/mol. The first-order valence-corrected chi connectivity index (χ1v) is 7.23. The number of aromatic nitrogens is 1. The van der Waals surface area contributed by atoms with Crippen LogP contribution in [0.3, 0.4) is 0 Å². The molecule has 2 fully saturated rings. The molecule has 0 spiro atoms. The van der Waals surface area contributed by atoms with Gasteiger partial charge >= 0.3 is 0 Å². The summed E-state index contributed by atoms with van der Waals surface area (Å²) in [7, 11) is 0. The number of hydrogen-bond donors (Lipinski definition) is 1. The van der Waals surface area contributed by atoms with Crippen molar-refractivity contribution < 1.29 is 0 Å². The molecule has 2 aliphatic rings. The Hall–Kier alpha value is -1.77. The Morgan fingerprint density at radius 3 is 2.74 bits per heavy atom. The first kappa shape index (κ1) is 11.1. The number of nitrogens with two attached hydrogens (primary N) is 1. The molecule has 0 radical (unpaired) electrons. The molecule has 2 saturated carbocycles. The van der Waals surface area contributed by atoms with Crippen molar-refractivity contribution in [3.8, 4) is 0 Å². The third kappa shape index (κ3) is 2.03. The predicted molar refractivity (Wildman–Crippen MR) is 79.2 cm³/mol. The van der Waals surface area contributed by atoms with Gasteiger partial charge in [-0.15, -0.1) is 0 Å². The summed E-state index contributed by atoms with van der Waals surface area (Å²) in [5, 5.41) is 1.08. The van der Waals surface area contributed by atoms with Crippen molar-refractivity contribution in [2.45, 2.75) is 31.7 Å². The summed E-state index contributed by atoms with van der Waals surface area (Å²) >= 11 is 0. The summed E-state index contributed by atoms with van der Waals surface area (Å²) in [5.74, 6) is 0.900. The van der Waals surface area contributed by atoms with Crippen LogP contribution in [-0.4, -0.2) is 17.6 Å². The molecule has 2 N–H and O–H groups in total. The van der Waals surface area contributed by atoms with Gasteiger partial charge in [-0.1, -0.05) is 0 Å². The van der Waals surface area contributed by atoms with Crippen LogP contribution >= 0.6 is 0 Å². The van der Waals surface area contributed by atoms with Gasteiger partial charge in [-0.2, -0.15) is 0 Å². The van der Waals surface area contributed by atoms with E-state index in [0.717, 1.165) is 28.6 Å². The number of benzene rings is 1. The van der Waals surface area contributed by atoms with Crippen LogP contribution in [0.15, 0.2) is 30.5 Å². The molecule has 1 heterocycles. The van der Waals surface area contributed by atoms with Gasteiger partial charge in [0.25, 0.3) is 0 Å². The molecule has 2 aliphatic carbocycles. The van der Waals surface area contributed by atoms with Crippen molar-refractivity contribution in [2.75, 3.05) is 17.2 Å². The predicted octanol–water partition coefficient (Wildman–Crippen LogP) is 3.20. The minimum atomic E-state index is 0.731. The van der Waals surface area contributed by atoms with Crippen molar-refractivity contribution in [3.05, 3.63) is 30.5 Å². The molecule has 0 atom stereocenters. The third-order valence-electron chi connectivity index (χ3n) is 4.23. The van der Waals surface area contributed by atoms with E-state index >= 15 is 0 Å². The van der Waals surface area contributed by atoms with Crippen molar-refractivity contribution in [1.82, 2.24) is 4.98 Å². The van der Waals surface area contributed by atoms with Crippen molar-refractivity contribution in [1.29, 1.82) is 0 Å². The molecule has 98 valence electrons. The maximum atomic E-state index is 6.07. The number of anilines is 2. The zero-order chi connectivity index (χ0) is 12.8. The minimum absolute atomic E-state index is 0.731. The van der Waals surface area contributed by atoms with Crippen molar-refractivity contribution >= 4 is 22.3 Å². The zero-order valence-electron chi connectivity index (χ0n) is 11.0. The van der Waals surface area contributed by atoms with E-state index in [2.05, 4.69) is 22.0 Å². The van der Waals surface area contributed by atoms with Crippen LogP contribution in [0, 0.1) is 5.92 Å². The largest absolute Gasteiger partial charge is 0.398 e. The molecule has 1 aromatic heterocycles. The summed E-state index contributed by atoms with van der Waals surface area (Å²) in [6.45, 7) is 1.19. The van der Waals surface area contributed by atoms with E-state index in [4.69, 9.17) is 5.73 Å². The van der Waals surface area contributed by atoms with Gasteiger partial charge < -0.3 is 10.6 Å². The molecule has 0 saturated heterocycles. The maximum Gasteiger partial charge on any atom is 0.0956 e. The molecule has 0 aliphatic heterocycles. The van der Waals surface area contributed by atoms with Gasteiger partial charge in [0.2, 0.25) is 0 Å². The smallest absolute Gasteiger partial charge is 0.0956 e. The van der Waals surface area contributed by atoms with Gasteiger partial charge in [-0.3, -0.25) is 4.98 Å². The summed E-state index contributed by atoms with van der Waals surface area (Å²) in [6, 6.07) is 8.95. The molecule has 2 aromatic rings. The number of hydrogen-bond acceptors (Lipinski definition) is 3. The van der Waals surface area contributed by atoms with Crippen LogP contribution < -0.4 is 10.6 Å². The second-order valence-electron chi connectivity index (χ2n) is 5.90. The Labute approximate surface area is 113 Å². The molecule has 3 heteroatoms. The van der Waals surface area contributed by atoms with E-state index in [-0.39, 0.29) is 0 Å². The molecule has 0 bridgehead atoms. The van der Waals surface area contributed by atoms with Gasteiger partial charge in [0.1, 0.15) is 0 Å². The standard InChI is InChI=1S/C16H19N3/c17-14-7-8-15(16-13(14)2-1-9-18-16)19(12-5-6-12)10-11-3-4-11/h1-2,7-9,11-12H,3-6,10,17H2. The van der Waals surface area contributed by atoms with Gasteiger partial charge in [-0.05, 0) is 55.9 Å². The van der Waals surface area contributed by atoms with Crippen molar-refractivity contribution in [2.24, 2.45) is 5.92 Å². The maximum absolute atomic E-state index is 6.07. The number of rotatable bonds is 4. The Morgan fingerprint density at radius 2 is 2.00 bits per heavy atom. The molecule has 0 amide bonds. The van der Waals surface area contributed by atoms with Gasteiger partial charge in [0.05, 0.1) is 11.2 Å². The Balaban J connectivity index is 1.81. The highest BCUT2D eigenvalue weighted by Gasteiger charge is 2.34. The molecule has 4 rings (SSSR count). The van der Waals surface area contributed by atoms with Crippen LogP contribution in [0.1, 0.15) is 25.7 Å². The second kappa shape index (κ2) is 4.12. The van der Waals surface area contributed by atoms with E-state index < -0.39 is 0 Å². The fourth-order valence-electron chi connectivity index (χ4n) is 2.82. The minimum Gasteiger partial charge on any atom is -0.398 e. The second-order valence-corrected chi connectivity index (χ2v) is 5.90. The van der Waals surface area contributed by atoms with E-state index in [9.17, 15) is 0 Å². The SMILES string of the molecule is Nc1ccc(N(CC2CC2)C2CC2)c2ncccc12. The average molecular weight is 253 g/mol. The Bertz CT molecular complexity index is 614. The van der Waals surface area contributed by atoms with Gasteiger partial charge in [-0.25, -0.2) is 0 Å². The number of fused-ring (bicyclic) bond motifs is 1. The van der Waals surface area contributed by atoms with Crippen LogP contribution in [0.25, 0.3) is 10.9 Å². The lowest BCUT2D eigenvalue weighted by Crippen LogP contribution is -2.28. The van der Waals surface area contributed by atoms with E-state index in [1.54, 1.807) is 0 Å². The summed E-state index contributed by atoms with van der Waals surface area (Å²) in [4.78, 5) is 7.15. The van der Waals surface area contributed by atoms with Crippen molar-refractivity contribution in [3.63, 3.8) is 0 Å². The van der Waals surface area contributed by atoms with Gasteiger partial charge in [0.15, 0.2) is 0 Å². The molecule has 19 heavy (non-hydrogen) atoms. The van der Waals surface area contributed by atoms with Crippen LogP contribution in [-0.2, 0) is 0 Å². The molecular formula is C16H19N3. The lowest BCUT2D eigenvalue weighted by molar-refractivity contribution is 0.720. The molecular weight excluding hydrogens is 234 g/mol. The van der Waals surface area contributed by atoms with Crippen LogP contribution in [0.5, 0.6) is 0 Å². The normalized spacial score (nSPS) is 18.7. The fraction of sp³-hybridized carbons (Fsp3) is 0.438. The van der Waals surface area contributed by atoms with Gasteiger partial charge in [0, 0.05) is 29.9 Å². The van der Waals surface area contributed by atoms with Crippen LogP contribution in [0.4, 0.5) is 11.4 Å². The third-order valence-corrected chi connectivity index (χ3v) is 4.23. The number of nitrogens with zero attached hydrogens (tertiary/aromatic N) is 2. The first-order valence-electron chi connectivity index (χ1n) is 7.23. The average Bonchev–Trinajstić information content (AvgIpc) is 3.30. The highest BCUT2D eigenvalue weighted by molar-refractivity contribution is 5.98. The molecule has 1 aromatic carbocycles. The fourth-order valence-corrected chi connectivity index (χ4v) is 2.82. The number of pyridine rings is 1. The number of nitrogen functional groups attached to an aromatic ring is 1. The van der Waals surface area contributed by atoms with E-state index in [1.165, 1.54) is 37.9 Å². The summed E-state index contributed by atoms with van der Waals surface area (Å²) < 4.78 is 0. The first-order chi connectivity index (χ1) is 9.33. The Morgan fingerprint density at radius 1 is 1.16 bits per heavy atom. The molecule has 3 nitrogen and oxygen atoms in total. The lowest BCUT2D eigenvalue weighted by atomic mass is 10.1. The summed E-state index contributed by atoms with van der Waals surface area (Å²) in [5.41, 5.74) is 9.24. The summed E-state index contributed by atoms with van der Waals surface area (Å²) in [6.07, 6.45) is 7.30. The highest BCUT2D eigenvalue weighted by atomic mass is 15.2. The van der Waals surface area contributed by atoms with E-state index in [0.29, 0.717) is 0 Å². The lowest BCUT2D eigenvalue weighted by Gasteiger charge is -2.26. The molecule has 0 unspecified atom stereocenters. The topological polar surface area (TPSA) is 42.1 Å². The van der Waals surface area contributed by atoms with Crippen LogP contribution in [0.2, 0.25) is 0 Å². The quantitative estimate of drug-likeness (QED) is 0.851. The van der Waals surface area contributed by atoms with E-state index in [1.807, 2.05) is 18.3 Å². The Kier molecular flexibility index (Phi) is 2.40. The highest BCUT2D eigenvalue weighted by Crippen LogP contribution is 2.40.